The third-order valence-electron chi connectivity index (χ3n) is 4.74. The summed E-state index contributed by atoms with van der Waals surface area (Å²) in [7, 11) is 0. The molecular formula is C19H26N4O. The maximum absolute atomic E-state index is 12.8. The van der Waals surface area contributed by atoms with Crippen LogP contribution in [0.4, 0.5) is 5.69 Å². The van der Waals surface area contributed by atoms with E-state index < -0.39 is 0 Å². The van der Waals surface area contributed by atoms with E-state index in [0.717, 1.165) is 44.8 Å². The van der Waals surface area contributed by atoms with Crippen LogP contribution in [0.2, 0.25) is 0 Å². The molecule has 0 atom stereocenters. The molecule has 1 saturated heterocycles. The highest BCUT2D eigenvalue weighted by atomic mass is 16.2. The predicted octanol–water partition coefficient (Wildman–Crippen LogP) is 2.87. The molecule has 2 aromatic rings. The van der Waals surface area contributed by atoms with Gasteiger partial charge in [-0.05, 0) is 44.9 Å². The zero-order chi connectivity index (χ0) is 17.1. The van der Waals surface area contributed by atoms with Crippen molar-refractivity contribution in [3.63, 3.8) is 0 Å². The summed E-state index contributed by atoms with van der Waals surface area (Å²) in [5.41, 5.74) is 4.17. The zero-order valence-corrected chi connectivity index (χ0v) is 14.8. The van der Waals surface area contributed by atoms with Crippen molar-refractivity contribution >= 4 is 11.6 Å². The van der Waals surface area contributed by atoms with E-state index in [0.29, 0.717) is 5.69 Å². The molecule has 1 amide bonds. The van der Waals surface area contributed by atoms with Crippen LogP contribution in [0.25, 0.3) is 0 Å². The highest BCUT2D eigenvalue weighted by molar-refractivity contribution is 5.92. The topological polar surface area (TPSA) is 41.4 Å². The maximum atomic E-state index is 12.8. The van der Waals surface area contributed by atoms with E-state index in [4.69, 9.17) is 0 Å². The van der Waals surface area contributed by atoms with E-state index in [1.54, 1.807) is 0 Å². The Morgan fingerprint density at radius 1 is 1.12 bits per heavy atom. The van der Waals surface area contributed by atoms with Gasteiger partial charge in [-0.25, -0.2) is 0 Å². The summed E-state index contributed by atoms with van der Waals surface area (Å²) >= 11 is 0. The summed E-state index contributed by atoms with van der Waals surface area (Å²) in [5, 5.41) is 4.44. The van der Waals surface area contributed by atoms with Gasteiger partial charge >= 0.3 is 0 Å². The van der Waals surface area contributed by atoms with Crippen molar-refractivity contribution in [3.05, 3.63) is 47.3 Å². The number of aromatic nitrogens is 2. The minimum atomic E-state index is 0.0527. The van der Waals surface area contributed by atoms with Gasteiger partial charge in [0.2, 0.25) is 0 Å². The molecule has 1 aromatic heterocycles. The van der Waals surface area contributed by atoms with E-state index in [1.807, 2.05) is 29.5 Å². The number of carbonyl (C=O) groups excluding carboxylic acids is 1. The van der Waals surface area contributed by atoms with Crippen LogP contribution in [-0.2, 0) is 6.54 Å². The number of benzene rings is 1. The van der Waals surface area contributed by atoms with Crippen LogP contribution in [0.1, 0.15) is 35.1 Å². The number of hydrogen-bond acceptors (Lipinski definition) is 3. The van der Waals surface area contributed by atoms with Crippen LogP contribution in [0, 0.1) is 13.8 Å². The summed E-state index contributed by atoms with van der Waals surface area (Å²) in [5.74, 6) is 0.0527. The van der Waals surface area contributed by atoms with E-state index in [9.17, 15) is 4.79 Å². The number of para-hydroxylation sites is 1. The normalized spacial score (nSPS) is 15.5. The molecule has 1 fully saturated rings. The van der Waals surface area contributed by atoms with Gasteiger partial charge in [0.15, 0.2) is 5.69 Å². The Hall–Kier alpha value is -2.30. The Morgan fingerprint density at radius 2 is 1.92 bits per heavy atom. The predicted molar refractivity (Wildman–Crippen MR) is 96.6 cm³/mol. The lowest BCUT2D eigenvalue weighted by molar-refractivity contribution is 0.0760. The smallest absolute Gasteiger partial charge is 0.274 e. The Bertz CT molecular complexity index is 722. The monoisotopic (exact) mass is 326 g/mol. The lowest BCUT2D eigenvalue weighted by atomic mass is 10.2. The molecule has 3 rings (SSSR count). The molecule has 1 aliphatic rings. The summed E-state index contributed by atoms with van der Waals surface area (Å²) in [6.07, 6.45) is 0.980. The first-order valence-electron chi connectivity index (χ1n) is 8.74. The van der Waals surface area contributed by atoms with Crippen molar-refractivity contribution in [1.82, 2.24) is 14.7 Å². The Balaban J connectivity index is 1.71. The quantitative estimate of drug-likeness (QED) is 0.871. The summed E-state index contributed by atoms with van der Waals surface area (Å²) in [4.78, 5) is 17.1. The first-order chi connectivity index (χ1) is 11.6. The fourth-order valence-electron chi connectivity index (χ4n) is 3.38. The van der Waals surface area contributed by atoms with Gasteiger partial charge in [0.25, 0.3) is 5.91 Å². The Morgan fingerprint density at radius 3 is 2.62 bits per heavy atom. The lowest BCUT2D eigenvalue weighted by Crippen LogP contribution is -2.35. The second-order valence-electron chi connectivity index (χ2n) is 6.41. The molecule has 0 saturated carbocycles. The number of carbonyl (C=O) groups is 1. The van der Waals surface area contributed by atoms with Crippen LogP contribution in [0.5, 0.6) is 0 Å². The molecule has 0 N–H and O–H groups in total. The van der Waals surface area contributed by atoms with Crippen LogP contribution >= 0.6 is 0 Å². The average molecular weight is 326 g/mol. The first-order valence-corrected chi connectivity index (χ1v) is 8.74. The average Bonchev–Trinajstić information content (AvgIpc) is 2.80. The van der Waals surface area contributed by atoms with Gasteiger partial charge in [-0.2, -0.15) is 5.10 Å². The minimum Gasteiger partial charge on any atom is -0.369 e. The van der Waals surface area contributed by atoms with Crippen molar-refractivity contribution in [3.8, 4) is 0 Å². The third-order valence-corrected chi connectivity index (χ3v) is 4.74. The van der Waals surface area contributed by atoms with Gasteiger partial charge in [0.1, 0.15) is 0 Å². The van der Waals surface area contributed by atoms with Crippen LogP contribution in [0.3, 0.4) is 0 Å². The molecule has 0 unspecified atom stereocenters. The number of hydrogen-bond donors (Lipinski definition) is 0. The molecule has 0 radical (unpaired) electrons. The molecule has 2 heterocycles. The molecule has 5 heteroatoms. The van der Waals surface area contributed by atoms with E-state index in [-0.39, 0.29) is 5.91 Å². The highest BCUT2D eigenvalue weighted by Gasteiger charge is 2.23. The highest BCUT2D eigenvalue weighted by Crippen LogP contribution is 2.21. The molecular weight excluding hydrogens is 300 g/mol. The third kappa shape index (κ3) is 3.30. The van der Waals surface area contributed by atoms with Crippen molar-refractivity contribution in [1.29, 1.82) is 0 Å². The summed E-state index contributed by atoms with van der Waals surface area (Å²) in [6.45, 7) is 10.4. The van der Waals surface area contributed by atoms with Crippen molar-refractivity contribution in [2.45, 2.75) is 33.7 Å². The fourth-order valence-corrected chi connectivity index (χ4v) is 3.38. The fraction of sp³-hybridized carbons (Fsp3) is 0.474. The molecule has 0 aliphatic carbocycles. The first kappa shape index (κ1) is 16.6. The molecule has 1 aliphatic heterocycles. The summed E-state index contributed by atoms with van der Waals surface area (Å²) in [6, 6.07) is 10.4. The van der Waals surface area contributed by atoms with Crippen LogP contribution < -0.4 is 4.90 Å². The van der Waals surface area contributed by atoms with Gasteiger partial charge in [-0.3, -0.25) is 9.48 Å². The molecule has 0 bridgehead atoms. The molecule has 0 spiro atoms. The van der Waals surface area contributed by atoms with Gasteiger partial charge in [-0.1, -0.05) is 18.2 Å². The van der Waals surface area contributed by atoms with Gasteiger partial charge in [0.05, 0.1) is 0 Å². The molecule has 128 valence electrons. The van der Waals surface area contributed by atoms with Gasteiger partial charge in [0, 0.05) is 44.1 Å². The van der Waals surface area contributed by atoms with E-state index >= 15 is 0 Å². The Kier molecular flexibility index (Phi) is 4.88. The van der Waals surface area contributed by atoms with Crippen LogP contribution in [-0.4, -0.2) is 46.8 Å². The van der Waals surface area contributed by atoms with Gasteiger partial charge in [-0.15, -0.1) is 0 Å². The maximum Gasteiger partial charge on any atom is 0.274 e. The molecule has 1 aromatic carbocycles. The van der Waals surface area contributed by atoms with Crippen molar-refractivity contribution < 1.29 is 4.79 Å². The molecule has 24 heavy (non-hydrogen) atoms. The SMILES string of the molecule is CCn1nc(C(=O)N2CCCN(c3ccccc3C)CC2)cc1C. The zero-order valence-electron chi connectivity index (χ0n) is 14.8. The Labute approximate surface area is 143 Å². The number of aryl methyl sites for hydroxylation is 3. The summed E-state index contributed by atoms with van der Waals surface area (Å²) < 4.78 is 1.88. The number of rotatable bonds is 3. The second kappa shape index (κ2) is 7.07. The molecule has 5 nitrogen and oxygen atoms in total. The van der Waals surface area contributed by atoms with Gasteiger partial charge < -0.3 is 9.80 Å². The lowest BCUT2D eigenvalue weighted by Gasteiger charge is -2.25. The number of amides is 1. The largest absolute Gasteiger partial charge is 0.369 e. The van der Waals surface area contributed by atoms with E-state index in [2.05, 4.69) is 41.2 Å². The standard InChI is InChI=1S/C19H26N4O/c1-4-23-16(3)14-17(20-23)19(24)22-11-7-10-21(12-13-22)18-9-6-5-8-15(18)2/h5-6,8-9,14H,4,7,10-13H2,1-3H3. The second-order valence-corrected chi connectivity index (χ2v) is 6.41. The van der Waals surface area contributed by atoms with Crippen molar-refractivity contribution in [2.24, 2.45) is 0 Å². The minimum absolute atomic E-state index is 0.0527. The number of nitrogens with zero attached hydrogens (tertiary/aromatic N) is 4. The van der Waals surface area contributed by atoms with E-state index in [1.165, 1.54) is 11.3 Å². The number of anilines is 1. The van der Waals surface area contributed by atoms with Crippen LogP contribution in [0.15, 0.2) is 30.3 Å². The van der Waals surface area contributed by atoms with Crippen molar-refractivity contribution in [2.75, 3.05) is 31.1 Å².